The molecule has 0 aliphatic carbocycles. The van der Waals surface area contributed by atoms with Crippen molar-refractivity contribution < 1.29 is 9.15 Å². The lowest BCUT2D eigenvalue weighted by molar-refractivity contribution is 0.157. The van der Waals surface area contributed by atoms with Gasteiger partial charge in [0.25, 0.3) is 0 Å². The molecule has 0 N–H and O–H groups in total. The molecule has 1 aromatic heterocycles. The first-order valence-electron chi connectivity index (χ1n) is 9.33. The average Bonchev–Trinajstić information content (AvgIpc) is 2.58. The van der Waals surface area contributed by atoms with E-state index in [4.69, 9.17) is 9.15 Å². The number of hydrogen-bond acceptors (Lipinski definition) is 3. The van der Waals surface area contributed by atoms with Crippen LogP contribution < -0.4 is 10.4 Å². The molecule has 0 saturated heterocycles. The van der Waals surface area contributed by atoms with Crippen molar-refractivity contribution in [2.75, 3.05) is 0 Å². The summed E-state index contributed by atoms with van der Waals surface area (Å²) in [7, 11) is 0. The van der Waals surface area contributed by atoms with Crippen LogP contribution >= 0.6 is 0 Å². The van der Waals surface area contributed by atoms with Gasteiger partial charge in [0.1, 0.15) is 16.9 Å². The molecule has 3 nitrogen and oxygen atoms in total. The predicted molar refractivity (Wildman–Crippen MR) is 113 cm³/mol. The third kappa shape index (κ3) is 3.64. The largest absolute Gasteiger partial charge is 0.483 e. The van der Waals surface area contributed by atoms with Crippen LogP contribution in [0.1, 0.15) is 58.2 Å². The van der Waals surface area contributed by atoms with E-state index in [9.17, 15) is 4.79 Å². The summed E-state index contributed by atoms with van der Waals surface area (Å²) < 4.78 is 12.1. The lowest BCUT2D eigenvalue weighted by Gasteiger charge is -2.30. The van der Waals surface area contributed by atoms with Crippen LogP contribution in [0.2, 0.25) is 0 Å². The number of fused-ring (bicyclic) bond motifs is 2. The Kier molecular flexibility index (Phi) is 4.67. The number of hydrogen-bond donors (Lipinski definition) is 0. The van der Waals surface area contributed by atoms with E-state index in [0.717, 1.165) is 22.3 Å². The molecule has 3 heteroatoms. The average molecular weight is 364 g/mol. The fourth-order valence-corrected chi connectivity index (χ4v) is 3.22. The zero-order valence-electron chi connectivity index (χ0n) is 17.1. The van der Waals surface area contributed by atoms with E-state index in [1.165, 1.54) is 5.57 Å². The molecule has 142 valence electrons. The van der Waals surface area contributed by atoms with E-state index in [1.807, 2.05) is 39.8 Å². The molecule has 1 aromatic carbocycles. The van der Waals surface area contributed by atoms with Crippen molar-refractivity contribution in [3.63, 3.8) is 0 Å². The molecular weight excluding hydrogens is 336 g/mol. The van der Waals surface area contributed by atoms with E-state index in [0.29, 0.717) is 17.6 Å². The number of rotatable bonds is 4. The first kappa shape index (κ1) is 19.2. The van der Waals surface area contributed by atoms with Crippen LogP contribution in [0.25, 0.3) is 17.0 Å². The smallest absolute Gasteiger partial charge is 0.340 e. The minimum atomic E-state index is -0.459. The second-order valence-electron chi connectivity index (χ2n) is 8.59. The number of allylic oxidation sites excluding steroid dienone is 3. The van der Waals surface area contributed by atoms with Crippen molar-refractivity contribution in [1.82, 2.24) is 0 Å². The standard InChI is InChI=1S/C24H28O3/c1-8-23(4,5)19-14-17-13-16-11-12-24(6,7)27-21(16)18(10-9-15(2)3)20(17)26-22(19)25/h8-9,11-14H,1,10H2,2-7H3. The monoisotopic (exact) mass is 364 g/mol. The normalized spacial score (nSPS) is 15.2. The highest BCUT2D eigenvalue weighted by molar-refractivity contribution is 5.88. The van der Waals surface area contributed by atoms with Crippen LogP contribution in [0.4, 0.5) is 0 Å². The zero-order valence-corrected chi connectivity index (χ0v) is 17.1. The van der Waals surface area contributed by atoms with E-state index in [-0.39, 0.29) is 5.63 Å². The number of ether oxygens (including phenoxy) is 1. The molecule has 0 amide bonds. The lowest BCUT2D eigenvalue weighted by atomic mass is 9.85. The summed E-state index contributed by atoms with van der Waals surface area (Å²) in [6.07, 6.45) is 8.71. The van der Waals surface area contributed by atoms with Gasteiger partial charge < -0.3 is 9.15 Å². The fraction of sp³-hybridized carbons (Fsp3) is 0.375. The quantitative estimate of drug-likeness (QED) is 0.497. The molecule has 3 rings (SSSR count). The van der Waals surface area contributed by atoms with Crippen molar-refractivity contribution >= 4 is 17.0 Å². The predicted octanol–water partition coefficient (Wildman–Crippen LogP) is 5.95. The third-order valence-corrected chi connectivity index (χ3v) is 5.05. The molecule has 27 heavy (non-hydrogen) atoms. The minimum Gasteiger partial charge on any atom is -0.483 e. The first-order valence-corrected chi connectivity index (χ1v) is 9.33. The van der Waals surface area contributed by atoms with Gasteiger partial charge in [-0.15, -0.1) is 6.58 Å². The molecule has 0 unspecified atom stereocenters. The molecule has 1 aliphatic heterocycles. The molecule has 2 heterocycles. The van der Waals surface area contributed by atoms with Gasteiger partial charge >= 0.3 is 5.63 Å². The maximum absolute atomic E-state index is 12.7. The van der Waals surface area contributed by atoms with Crippen LogP contribution in [0, 0.1) is 0 Å². The molecule has 0 fully saturated rings. The van der Waals surface area contributed by atoms with Crippen molar-refractivity contribution in [3.8, 4) is 5.75 Å². The number of benzene rings is 1. The second kappa shape index (κ2) is 6.56. The zero-order chi connectivity index (χ0) is 20.0. The summed E-state index contributed by atoms with van der Waals surface area (Å²) in [5, 5.41) is 0.906. The maximum atomic E-state index is 12.7. The van der Waals surface area contributed by atoms with Gasteiger partial charge in [-0.1, -0.05) is 37.6 Å². The van der Waals surface area contributed by atoms with Gasteiger partial charge in [-0.25, -0.2) is 4.79 Å². The highest BCUT2D eigenvalue weighted by atomic mass is 16.5. The van der Waals surface area contributed by atoms with Gasteiger partial charge in [0.05, 0.1) is 0 Å². The summed E-state index contributed by atoms with van der Waals surface area (Å²) in [5.41, 5.74) is 3.17. The van der Waals surface area contributed by atoms with Crippen LogP contribution in [0.3, 0.4) is 0 Å². The molecule has 0 saturated carbocycles. The SMILES string of the molecule is C=CC(C)(C)c1cc2cc3c(c(CC=C(C)C)c2oc1=O)OC(C)(C)C=C3. The molecule has 0 bridgehead atoms. The van der Waals surface area contributed by atoms with Gasteiger partial charge in [0.2, 0.25) is 0 Å². The molecule has 1 aliphatic rings. The van der Waals surface area contributed by atoms with Crippen molar-refractivity contribution in [2.45, 2.75) is 59.0 Å². The summed E-state index contributed by atoms with van der Waals surface area (Å²) in [4.78, 5) is 12.7. The van der Waals surface area contributed by atoms with Crippen molar-refractivity contribution in [1.29, 1.82) is 0 Å². The van der Waals surface area contributed by atoms with Gasteiger partial charge in [-0.3, -0.25) is 0 Å². The van der Waals surface area contributed by atoms with E-state index in [2.05, 4.69) is 38.7 Å². The third-order valence-electron chi connectivity index (χ3n) is 5.05. The second-order valence-corrected chi connectivity index (χ2v) is 8.59. The molecule has 0 radical (unpaired) electrons. The van der Waals surface area contributed by atoms with Crippen LogP contribution in [0.15, 0.2) is 51.7 Å². The van der Waals surface area contributed by atoms with E-state index < -0.39 is 11.0 Å². The summed E-state index contributed by atoms with van der Waals surface area (Å²) in [6.45, 7) is 16.0. The Bertz CT molecular complexity index is 1030. The molecule has 0 atom stereocenters. The van der Waals surface area contributed by atoms with E-state index >= 15 is 0 Å². The lowest BCUT2D eigenvalue weighted by Crippen LogP contribution is -2.28. The van der Waals surface area contributed by atoms with Gasteiger partial charge in [0, 0.05) is 27.5 Å². The Balaban J connectivity index is 2.35. The highest BCUT2D eigenvalue weighted by Gasteiger charge is 2.28. The summed E-state index contributed by atoms with van der Waals surface area (Å²) in [5.74, 6) is 0.798. The Morgan fingerprint density at radius 1 is 1.26 bits per heavy atom. The summed E-state index contributed by atoms with van der Waals surface area (Å²) >= 11 is 0. The van der Waals surface area contributed by atoms with Crippen LogP contribution in [-0.2, 0) is 11.8 Å². The summed E-state index contributed by atoms with van der Waals surface area (Å²) in [6, 6.07) is 3.97. The van der Waals surface area contributed by atoms with Crippen LogP contribution in [-0.4, -0.2) is 5.60 Å². The maximum Gasteiger partial charge on any atom is 0.340 e. The first-order chi connectivity index (χ1) is 12.5. The molecule has 0 spiro atoms. The van der Waals surface area contributed by atoms with Crippen LogP contribution in [0.5, 0.6) is 5.75 Å². The highest BCUT2D eigenvalue weighted by Crippen LogP contribution is 2.39. The Morgan fingerprint density at radius 2 is 1.96 bits per heavy atom. The van der Waals surface area contributed by atoms with E-state index in [1.54, 1.807) is 6.08 Å². The topological polar surface area (TPSA) is 39.4 Å². The van der Waals surface area contributed by atoms with Gasteiger partial charge in [0.15, 0.2) is 0 Å². The molecule has 2 aromatic rings. The van der Waals surface area contributed by atoms with Gasteiger partial charge in [-0.2, -0.15) is 0 Å². The fourth-order valence-electron chi connectivity index (χ4n) is 3.22. The molecular formula is C24H28O3. The van der Waals surface area contributed by atoms with Crippen molar-refractivity contribution in [2.24, 2.45) is 0 Å². The van der Waals surface area contributed by atoms with Crippen molar-refractivity contribution in [3.05, 3.63) is 69.6 Å². The Labute approximate surface area is 161 Å². The van der Waals surface area contributed by atoms with Gasteiger partial charge in [-0.05, 0) is 52.3 Å². The minimum absolute atomic E-state index is 0.323. The Morgan fingerprint density at radius 3 is 2.59 bits per heavy atom. The Hall–Kier alpha value is -2.55.